The van der Waals surface area contributed by atoms with Crippen molar-refractivity contribution in [2.24, 2.45) is 0 Å². The highest BCUT2D eigenvalue weighted by Crippen LogP contribution is 2.32. The number of benzene rings is 1. The van der Waals surface area contributed by atoms with Crippen LogP contribution in [-0.4, -0.2) is 64.9 Å². The van der Waals surface area contributed by atoms with Gasteiger partial charge in [0.25, 0.3) is 0 Å². The molecule has 0 spiro atoms. The highest BCUT2D eigenvalue weighted by atomic mass is 79.9. The summed E-state index contributed by atoms with van der Waals surface area (Å²) in [7, 11) is 0. The van der Waals surface area contributed by atoms with Gasteiger partial charge in [0.05, 0.1) is 12.9 Å². The lowest BCUT2D eigenvalue weighted by atomic mass is 10.1. The minimum atomic E-state index is -1.24. The maximum Gasteiger partial charge on any atom is 0.167 e. The maximum atomic E-state index is 10.2. The molecule has 3 aromatic rings. The topological polar surface area (TPSA) is 146 Å². The quantitative estimate of drug-likeness (QED) is 0.374. The van der Waals surface area contributed by atoms with Gasteiger partial charge in [0.15, 0.2) is 23.2 Å². The van der Waals surface area contributed by atoms with E-state index in [0.717, 1.165) is 4.47 Å². The zero-order valence-corrected chi connectivity index (χ0v) is 16.1. The van der Waals surface area contributed by atoms with E-state index in [0.29, 0.717) is 29.1 Å². The Morgan fingerprint density at radius 2 is 2.00 bits per heavy atom. The Bertz CT molecular complexity index is 999. The standard InChI is InChI=1S/C17H18BrN5O5/c18-9-1-2-10(25)8(3-9)4-19-15-12-16(21-6-20-15)23(7-22-12)17-14(27)13(26)11(5-24)28-17/h1-3,6-7,11,13-14,17,24-27H,4-5H2,(H,19,20,21)/t11-,13-,14+,17?/m1/s1. The number of imidazole rings is 1. The summed E-state index contributed by atoms with van der Waals surface area (Å²) in [4.78, 5) is 12.7. The smallest absolute Gasteiger partial charge is 0.167 e. The van der Waals surface area contributed by atoms with Gasteiger partial charge in [0.1, 0.15) is 30.4 Å². The predicted molar refractivity (Wildman–Crippen MR) is 101 cm³/mol. The average molecular weight is 452 g/mol. The molecule has 1 fully saturated rings. The number of nitrogens with one attached hydrogen (secondary N) is 1. The molecule has 0 amide bonds. The van der Waals surface area contributed by atoms with Crippen molar-refractivity contribution in [1.29, 1.82) is 0 Å². The summed E-state index contributed by atoms with van der Waals surface area (Å²) in [5.74, 6) is 0.591. The molecule has 0 radical (unpaired) electrons. The molecule has 28 heavy (non-hydrogen) atoms. The van der Waals surface area contributed by atoms with Crippen molar-refractivity contribution in [2.75, 3.05) is 11.9 Å². The van der Waals surface area contributed by atoms with Crippen molar-refractivity contribution < 1.29 is 25.2 Å². The minimum Gasteiger partial charge on any atom is -0.508 e. The lowest BCUT2D eigenvalue weighted by Gasteiger charge is -2.16. The summed E-state index contributed by atoms with van der Waals surface area (Å²) in [5.41, 5.74) is 1.50. The number of aromatic hydroxyl groups is 1. The van der Waals surface area contributed by atoms with Gasteiger partial charge in [0.2, 0.25) is 0 Å². The lowest BCUT2D eigenvalue weighted by molar-refractivity contribution is -0.0511. The van der Waals surface area contributed by atoms with E-state index < -0.39 is 31.1 Å². The first-order chi connectivity index (χ1) is 13.5. The highest BCUT2D eigenvalue weighted by molar-refractivity contribution is 9.10. The van der Waals surface area contributed by atoms with Gasteiger partial charge < -0.3 is 30.5 Å². The van der Waals surface area contributed by atoms with Gasteiger partial charge in [-0.05, 0) is 18.2 Å². The van der Waals surface area contributed by atoms with Crippen molar-refractivity contribution in [1.82, 2.24) is 19.5 Å². The minimum absolute atomic E-state index is 0.151. The number of aliphatic hydroxyl groups excluding tert-OH is 3. The number of fused-ring (bicyclic) bond motifs is 1. The number of halogens is 1. The first-order valence-electron chi connectivity index (χ1n) is 8.51. The summed E-state index contributed by atoms with van der Waals surface area (Å²) in [6, 6.07) is 5.12. The van der Waals surface area contributed by atoms with E-state index in [2.05, 4.69) is 36.2 Å². The van der Waals surface area contributed by atoms with E-state index in [1.54, 1.807) is 18.2 Å². The molecule has 0 bridgehead atoms. The fraction of sp³-hybridized carbons (Fsp3) is 0.353. The molecule has 148 valence electrons. The van der Waals surface area contributed by atoms with Crippen molar-refractivity contribution in [3.8, 4) is 5.75 Å². The van der Waals surface area contributed by atoms with Crippen LogP contribution in [0.1, 0.15) is 11.8 Å². The molecule has 1 saturated heterocycles. The van der Waals surface area contributed by atoms with E-state index in [4.69, 9.17) is 4.74 Å². The van der Waals surface area contributed by atoms with Gasteiger partial charge >= 0.3 is 0 Å². The van der Waals surface area contributed by atoms with Crippen LogP contribution in [0.15, 0.2) is 35.3 Å². The SMILES string of the molecule is OC[C@H]1OC(n2cnc3c(NCc4cc(Br)ccc4O)ncnc32)[C@@H](O)[C@@H]1O. The van der Waals surface area contributed by atoms with Gasteiger partial charge in [-0.15, -0.1) is 0 Å². The summed E-state index contributed by atoms with van der Waals surface area (Å²) >= 11 is 3.37. The second-order valence-electron chi connectivity index (χ2n) is 6.40. The van der Waals surface area contributed by atoms with Crippen LogP contribution in [0.5, 0.6) is 5.75 Å². The molecule has 10 nitrogen and oxygen atoms in total. The average Bonchev–Trinajstić information content (AvgIpc) is 3.24. The van der Waals surface area contributed by atoms with E-state index in [-0.39, 0.29) is 5.75 Å². The van der Waals surface area contributed by atoms with E-state index in [1.807, 2.05) is 0 Å². The number of aromatic nitrogens is 4. The third kappa shape index (κ3) is 3.31. The van der Waals surface area contributed by atoms with Crippen LogP contribution in [0.2, 0.25) is 0 Å². The van der Waals surface area contributed by atoms with Crippen molar-refractivity contribution in [3.63, 3.8) is 0 Å². The molecule has 5 N–H and O–H groups in total. The van der Waals surface area contributed by atoms with Crippen molar-refractivity contribution >= 4 is 32.9 Å². The Morgan fingerprint density at radius 3 is 2.75 bits per heavy atom. The lowest BCUT2D eigenvalue weighted by Crippen LogP contribution is -2.33. The molecule has 4 atom stereocenters. The molecule has 1 unspecified atom stereocenters. The Balaban J connectivity index is 1.61. The summed E-state index contributed by atoms with van der Waals surface area (Å²) in [5, 5.41) is 42.6. The van der Waals surface area contributed by atoms with Crippen LogP contribution in [0.4, 0.5) is 5.82 Å². The van der Waals surface area contributed by atoms with Gasteiger partial charge in [-0.25, -0.2) is 15.0 Å². The van der Waals surface area contributed by atoms with Gasteiger partial charge in [-0.1, -0.05) is 15.9 Å². The molecule has 1 aliphatic heterocycles. The van der Waals surface area contributed by atoms with Gasteiger partial charge in [0, 0.05) is 16.6 Å². The molecule has 0 saturated carbocycles. The van der Waals surface area contributed by atoms with Crippen molar-refractivity contribution in [3.05, 3.63) is 40.9 Å². The molecule has 4 rings (SSSR count). The molecule has 1 aliphatic rings. The first-order valence-corrected chi connectivity index (χ1v) is 9.30. The van der Waals surface area contributed by atoms with E-state index >= 15 is 0 Å². The number of ether oxygens (including phenoxy) is 1. The number of aliphatic hydroxyl groups is 3. The summed E-state index contributed by atoms with van der Waals surface area (Å²) in [6.45, 7) is -0.114. The van der Waals surface area contributed by atoms with E-state index in [1.165, 1.54) is 17.2 Å². The Hall–Kier alpha value is -2.31. The second kappa shape index (κ2) is 7.60. The number of anilines is 1. The van der Waals surface area contributed by atoms with E-state index in [9.17, 15) is 20.4 Å². The van der Waals surface area contributed by atoms with Gasteiger partial charge in [-0.3, -0.25) is 4.57 Å². The fourth-order valence-electron chi connectivity index (χ4n) is 3.15. The third-order valence-electron chi connectivity index (χ3n) is 4.64. The van der Waals surface area contributed by atoms with Crippen LogP contribution < -0.4 is 5.32 Å². The van der Waals surface area contributed by atoms with Crippen molar-refractivity contribution in [2.45, 2.75) is 31.1 Å². The number of phenols is 1. The number of hydrogen-bond acceptors (Lipinski definition) is 9. The second-order valence-corrected chi connectivity index (χ2v) is 7.32. The molecular weight excluding hydrogens is 434 g/mol. The number of nitrogens with zero attached hydrogens (tertiary/aromatic N) is 4. The Kier molecular flexibility index (Phi) is 5.17. The van der Waals surface area contributed by atoms with Gasteiger partial charge in [-0.2, -0.15) is 0 Å². The number of hydrogen-bond donors (Lipinski definition) is 5. The molecule has 0 aliphatic carbocycles. The summed E-state index contributed by atoms with van der Waals surface area (Å²) in [6.07, 6.45) is -1.51. The number of phenolic OH excluding ortho intramolecular Hbond substituents is 1. The Morgan fingerprint density at radius 1 is 1.18 bits per heavy atom. The van der Waals surface area contributed by atoms with Crippen LogP contribution in [0.25, 0.3) is 11.2 Å². The Labute approximate surface area is 167 Å². The van der Waals surface area contributed by atoms with Crippen LogP contribution in [0.3, 0.4) is 0 Å². The molecule has 11 heteroatoms. The number of rotatable bonds is 5. The normalized spacial score (nSPS) is 24.7. The first kappa shape index (κ1) is 19.0. The van der Waals surface area contributed by atoms with Crippen LogP contribution in [-0.2, 0) is 11.3 Å². The monoisotopic (exact) mass is 451 g/mol. The van der Waals surface area contributed by atoms with Crippen LogP contribution in [0, 0.1) is 0 Å². The predicted octanol–water partition coefficient (Wildman–Crippen LogP) is 0.518. The molecule has 2 aromatic heterocycles. The maximum absolute atomic E-state index is 10.2. The zero-order chi connectivity index (χ0) is 19.8. The summed E-state index contributed by atoms with van der Waals surface area (Å²) < 4.78 is 7.86. The van der Waals surface area contributed by atoms with Crippen LogP contribution >= 0.6 is 15.9 Å². The largest absolute Gasteiger partial charge is 0.508 e. The molecular formula is C17H18BrN5O5. The zero-order valence-electron chi connectivity index (χ0n) is 14.5. The highest BCUT2D eigenvalue weighted by Gasteiger charge is 2.44. The molecule has 1 aromatic carbocycles. The third-order valence-corrected chi connectivity index (χ3v) is 5.13. The molecule has 3 heterocycles. The fourth-order valence-corrected chi connectivity index (χ4v) is 3.56.